The summed E-state index contributed by atoms with van der Waals surface area (Å²) in [5, 5.41) is 0. The topological polar surface area (TPSA) is 61.2 Å². The Hall–Kier alpha value is -1.65. The molecule has 20 heavy (non-hydrogen) atoms. The van der Waals surface area contributed by atoms with Crippen LogP contribution in [0.1, 0.15) is 63.5 Å². The highest BCUT2D eigenvalue weighted by Gasteiger charge is 2.20. The van der Waals surface area contributed by atoms with E-state index in [0.717, 1.165) is 5.69 Å². The fraction of sp³-hybridized carbons (Fsp3) is 0.667. The van der Waals surface area contributed by atoms with Gasteiger partial charge >= 0.3 is 5.97 Å². The van der Waals surface area contributed by atoms with Gasteiger partial charge in [-0.2, -0.15) is 0 Å². The average molecular weight is 280 g/mol. The van der Waals surface area contributed by atoms with Crippen molar-refractivity contribution in [1.82, 2.24) is 9.55 Å². The van der Waals surface area contributed by atoms with E-state index < -0.39 is 5.97 Å². The van der Waals surface area contributed by atoms with Crippen LogP contribution in [-0.4, -0.2) is 22.1 Å². The highest BCUT2D eigenvalue weighted by atomic mass is 16.5. The highest BCUT2D eigenvalue weighted by molar-refractivity contribution is 5.69. The number of rotatable bonds is 5. The Bertz CT molecular complexity index is 545. The van der Waals surface area contributed by atoms with Crippen molar-refractivity contribution in [2.75, 3.05) is 6.61 Å². The lowest BCUT2D eigenvalue weighted by Gasteiger charge is -2.18. The number of hydrogen-bond donors (Lipinski definition) is 0. The molecule has 5 nitrogen and oxygen atoms in total. The van der Waals surface area contributed by atoms with Gasteiger partial charge in [-0.15, -0.1) is 0 Å². The number of esters is 1. The van der Waals surface area contributed by atoms with Crippen LogP contribution in [0.2, 0.25) is 0 Å². The van der Waals surface area contributed by atoms with Gasteiger partial charge in [-0.05, 0) is 25.7 Å². The molecular weight excluding hydrogens is 256 g/mol. The first kappa shape index (κ1) is 16.4. The Labute approximate surface area is 120 Å². The van der Waals surface area contributed by atoms with Gasteiger partial charge in [0.2, 0.25) is 0 Å². The van der Waals surface area contributed by atoms with Crippen LogP contribution in [0, 0.1) is 6.92 Å². The first-order valence-electron chi connectivity index (χ1n) is 7.06. The molecule has 1 heterocycles. The number of carbonyl (C=O) groups excluding carboxylic acids is 1. The van der Waals surface area contributed by atoms with Crippen molar-refractivity contribution in [2.24, 2.45) is 0 Å². The summed E-state index contributed by atoms with van der Waals surface area (Å²) < 4.78 is 6.31. The zero-order valence-corrected chi connectivity index (χ0v) is 13.2. The van der Waals surface area contributed by atoms with E-state index >= 15 is 0 Å². The Morgan fingerprint density at radius 2 is 1.85 bits per heavy atom. The average Bonchev–Trinajstić information content (AvgIpc) is 2.33. The van der Waals surface area contributed by atoms with Gasteiger partial charge in [-0.1, -0.05) is 27.7 Å². The first-order chi connectivity index (χ1) is 9.29. The van der Waals surface area contributed by atoms with Crippen LogP contribution in [0.5, 0.6) is 0 Å². The number of carbonyl (C=O) groups is 1. The molecule has 0 aromatic carbocycles. The molecule has 0 amide bonds. The maximum absolute atomic E-state index is 12.6. The third-order valence-corrected chi connectivity index (χ3v) is 3.14. The summed E-state index contributed by atoms with van der Waals surface area (Å²) in [6.07, 6.45) is 0. The molecule has 0 spiro atoms. The lowest BCUT2D eigenvalue weighted by atomic mass is 9.96. The number of hydrogen-bond acceptors (Lipinski definition) is 4. The molecule has 112 valence electrons. The Kier molecular flexibility index (Phi) is 5.48. The SMILES string of the molecule is CCOC(=O)Cn1c(C)nc(C(C)C)c(C(C)C)c1=O. The molecule has 0 aliphatic rings. The van der Waals surface area contributed by atoms with E-state index in [1.54, 1.807) is 13.8 Å². The van der Waals surface area contributed by atoms with Crippen molar-refractivity contribution >= 4 is 5.97 Å². The van der Waals surface area contributed by atoms with E-state index in [1.165, 1.54) is 4.57 Å². The number of nitrogens with zero attached hydrogens (tertiary/aromatic N) is 2. The summed E-state index contributed by atoms with van der Waals surface area (Å²) in [7, 11) is 0. The fourth-order valence-corrected chi connectivity index (χ4v) is 2.20. The van der Waals surface area contributed by atoms with E-state index in [0.29, 0.717) is 18.0 Å². The molecule has 1 aromatic heterocycles. The molecule has 0 radical (unpaired) electrons. The Balaban J connectivity index is 3.37. The fourth-order valence-electron chi connectivity index (χ4n) is 2.20. The van der Waals surface area contributed by atoms with Crippen molar-refractivity contribution in [3.8, 4) is 0 Å². The highest BCUT2D eigenvalue weighted by Crippen LogP contribution is 2.21. The van der Waals surface area contributed by atoms with Crippen LogP contribution < -0.4 is 5.56 Å². The predicted octanol–water partition coefficient (Wildman–Crippen LogP) is 2.36. The molecule has 0 bridgehead atoms. The van der Waals surface area contributed by atoms with Gasteiger partial charge in [0.15, 0.2) is 0 Å². The third-order valence-electron chi connectivity index (χ3n) is 3.14. The zero-order valence-electron chi connectivity index (χ0n) is 13.2. The van der Waals surface area contributed by atoms with Crippen molar-refractivity contribution < 1.29 is 9.53 Å². The van der Waals surface area contributed by atoms with Crippen molar-refractivity contribution in [3.05, 3.63) is 27.4 Å². The maximum Gasteiger partial charge on any atom is 0.326 e. The third kappa shape index (κ3) is 3.46. The van der Waals surface area contributed by atoms with Gasteiger partial charge in [-0.25, -0.2) is 4.98 Å². The van der Waals surface area contributed by atoms with Gasteiger partial charge < -0.3 is 4.74 Å². The molecule has 5 heteroatoms. The van der Waals surface area contributed by atoms with E-state index in [4.69, 9.17) is 4.74 Å². The minimum Gasteiger partial charge on any atom is -0.465 e. The molecule has 0 N–H and O–H groups in total. The molecule has 0 aliphatic heterocycles. The second-order valence-corrected chi connectivity index (χ2v) is 5.46. The van der Waals surface area contributed by atoms with Crippen LogP contribution in [-0.2, 0) is 16.1 Å². The van der Waals surface area contributed by atoms with Crippen LogP contribution in [0.3, 0.4) is 0 Å². The van der Waals surface area contributed by atoms with Crippen molar-refractivity contribution in [1.29, 1.82) is 0 Å². The van der Waals surface area contributed by atoms with Gasteiger partial charge in [0.1, 0.15) is 12.4 Å². The maximum atomic E-state index is 12.6. The largest absolute Gasteiger partial charge is 0.465 e. The first-order valence-corrected chi connectivity index (χ1v) is 7.06. The van der Waals surface area contributed by atoms with Crippen LogP contribution >= 0.6 is 0 Å². The van der Waals surface area contributed by atoms with Gasteiger partial charge in [0.25, 0.3) is 5.56 Å². The molecule has 0 saturated carbocycles. The summed E-state index contributed by atoms with van der Waals surface area (Å²) in [5.74, 6) is 0.389. The molecule has 0 saturated heterocycles. The lowest BCUT2D eigenvalue weighted by molar-refractivity contribution is -0.143. The lowest BCUT2D eigenvalue weighted by Crippen LogP contribution is -2.33. The Morgan fingerprint density at radius 1 is 1.25 bits per heavy atom. The minimum atomic E-state index is -0.411. The van der Waals surface area contributed by atoms with Gasteiger partial charge in [0, 0.05) is 5.56 Å². The summed E-state index contributed by atoms with van der Waals surface area (Å²) in [6.45, 7) is 11.7. The van der Waals surface area contributed by atoms with E-state index in [9.17, 15) is 9.59 Å². The van der Waals surface area contributed by atoms with E-state index in [1.807, 2.05) is 27.7 Å². The molecule has 1 rings (SSSR count). The molecule has 0 unspecified atom stereocenters. The number of ether oxygens (including phenoxy) is 1. The zero-order chi connectivity index (χ0) is 15.4. The van der Waals surface area contributed by atoms with Crippen molar-refractivity contribution in [3.63, 3.8) is 0 Å². The molecule has 0 aliphatic carbocycles. The summed E-state index contributed by atoms with van der Waals surface area (Å²) in [5.41, 5.74) is 1.38. The predicted molar refractivity (Wildman–Crippen MR) is 78.0 cm³/mol. The normalized spacial score (nSPS) is 11.2. The van der Waals surface area contributed by atoms with Gasteiger partial charge in [-0.3, -0.25) is 14.2 Å². The molecular formula is C15H24N2O3. The van der Waals surface area contributed by atoms with Gasteiger partial charge in [0.05, 0.1) is 12.3 Å². The van der Waals surface area contributed by atoms with Crippen LogP contribution in [0.4, 0.5) is 0 Å². The summed E-state index contributed by atoms with van der Waals surface area (Å²) >= 11 is 0. The number of aromatic nitrogens is 2. The van der Waals surface area contributed by atoms with Crippen LogP contribution in [0.25, 0.3) is 0 Å². The second kappa shape index (κ2) is 6.68. The van der Waals surface area contributed by atoms with E-state index in [-0.39, 0.29) is 23.9 Å². The second-order valence-electron chi connectivity index (χ2n) is 5.46. The smallest absolute Gasteiger partial charge is 0.326 e. The monoisotopic (exact) mass is 280 g/mol. The minimum absolute atomic E-state index is 0.0708. The molecule has 0 fully saturated rings. The molecule has 1 aromatic rings. The Morgan fingerprint density at radius 3 is 2.30 bits per heavy atom. The van der Waals surface area contributed by atoms with Crippen molar-refractivity contribution in [2.45, 2.75) is 59.9 Å². The molecule has 0 atom stereocenters. The van der Waals surface area contributed by atoms with Crippen LogP contribution in [0.15, 0.2) is 4.79 Å². The summed E-state index contributed by atoms with van der Waals surface area (Å²) in [4.78, 5) is 28.7. The summed E-state index contributed by atoms with van der Waals surface area (Å²) in [6, 6.07) is 0. The standard InChI is InChI=1S/C15H24N2O3/c1-7-20-12(18)8-17-11(6)16-14(10(4)5)13(9(2)3)15(17)19/h9-10H,7-8H2,1-6H3. The number of aryl methyl sites for hydroxylation is 1. The quantitative estimate of drug-likeness (QED) is 0.777. The van der Waals surface area contributed by atoms with E-state index in [2.05, 4.69) is 4.98 Å².